The van der Waals surface area contributed by atoms with Crippen LogP contribution >= 0.6 is 11.6 Å². The molecule has 2 heterocycles. The molecule has 5 rings (SSSR count). The predicted octanol–water partition coefficient (Wildman–Crippen LogP) is 3.23. The molecule has 9 nitrogen and oxygen atoms in total. The number of urea groups is 1. The van der Waals surface area contributed by atoms with Crippen LogP contribution < -0.4 is 5.32 Å². The molecule has 2 saturated heterocycles. The topological polar surface area (TPSA) is 96.4 Å². The molecule has 0 aliphatic carbocycles. The van der Waals surface area contributed by atoms with E-state index in [0.29, 0.717) is 11.6 Å². The quantitative estimate of drug-likeness (QED) is 0.494. The normalized spacial score (nSPS) is 19.7. The maximum atomic E-state index is 13.9. The molecule has 4 amide bonds. The molecular weight excluding hydrogens is 518 g/mol. The fourth-order valence-corrected chi connectivity index (χ4v) is 5.38. The van der Waals surface area contributed by atoms with E-state index in [2.05, 4.69) is 5.32 Å². The van der Waals surface area contributed by atoms with E-state index in [9.17, 15) is 19.5 Å². The standard InChI is InChI=1S/C29H30ClN5O4/c1-32-19-27(37)34-25(15-20-11-13-23(36)14-12-20)28(38)33(17-22-9-5-6-10-24(22)30)18-26(34)35(32)29(39)31-16-21-7-3-2-4-8-21/h2-14,25-26,36H,15-19H2,1H3,(H,31,39)/t25-,26-/m0/s1. The van der Waals surface area contributed by atoms with Crippen molar-refractivity contribution in [3.8, 4) is 5.75 Å². The van der Waals surface area contributed by atoms with Gasteiger partial charge in [0.05, 0.1) is 13.1 Å². The lowest BCUT2D eigenvalue weighted by Crippen LogP contribution is -2.76. The molecule has 0 saturated carbocycles. The van der Waals surface area contributed by atoms with Crippen LogP contribution in [0.4, 0.5) is 4.79 Å². The number of phenolic OH excluding ortho intramolecular Hbond substituents is 1. The van der Waals surface area contributed by atoms with Crippen LogP contribution in [-0.4, -0.2) is 75.1 Å². The lowest BCUT2D eigenvalue weighted by molar-refractivity contribution is -0.187. The number of fused-ring (bicyclic) bond motifs is 1. The van der Waals surface area contributed by atoms with E-state index in [-0.39, 0.29) is 49.7 Å². The molecule has 2 fully saturated rings. The van der Waals surface area contributed by atoms with Crippen LogP contribution in [0, 0.1) is 0 Å². The minimum Gasteiger partial charge on any atom is -0.508 e. The van der Waals surface area contributed by atoms with Crippen LogP contribution in [0.3, 0.4) is 0 Å². The van der Waals surface area contributed by atoms with E-state index >= 15 is 0 Å². The Morgan fingerprint density at radius 3 is 2.38 bits per heavy atom. The third kappa shape index (κ3) is 5.69. The molecule has 39 heavy (non-hydrogen) atoms. The van der Waals surface area contributed by atoms with Crippen molar-refractivity contribution in [2.75, 3.05) is 20.1 Å². The van der Waals surface area contributed by atoms with E-state index in [0.717, 1.165) is 16.7 Å². The number of halogens is 1. The zero-order valence-corrected chi connectivity index (χ0v) is 22.3. The van der Waals surface area contributed by atoms with Crippen LogP contribution in [-0.2, 0) is 29.1 Å². The minimum atomic E-state index is -0.832. The van der Waals surface area contributed by atoms with Gasteiger partial charge >= 0.3 is 6.03 Å². The number of carbonyl (C=O) groups excluding carboxylic acids is 3. The second-order valence-electron chi connectivity index (χ2n) is 9.78. The summed E-state index contributed by atoms with van der Waals surface area (Å²) >= 11 is 6.43. The Hall–Kier alpha value is -4.08. The molecule has 0 radical (unpaired) electrons. The Morgan fingerprint density at radius 1 is 0.974 bits per heavy atom. The first-order valence-corrected chi connectivity index (χ1v) is 13.1. The monoisotopic (exact) mass is 547 g/mol. The van der Waals surface area contributed by atoms with Crippen LogP contribution in [0.2, 0.25) is 5.02 Å². The molecule has 2 aliphatic rings. The Bertz CT molecular complexity index is 1350. The van der Waals surface area contributed by atoms with Crippen molar-refractivity contribution < 1.29 is 19.5 Å². The number of likely N-dealkylation sites (N-methyl/N-ethyl adjacent to an activating group) is 1. The highest BCUT2D eigenvalue weighted by atomic mass is 35.5. The number of hydrazine groups is 1. The number of amides is 4. The summed E-state index contributed by atoms with van der Waals surface area (Å²) < 4.78 is 0. The fourth-order valence-electron chi connectivity index (χ4n) is 5.19. The highest BCUT2D eigenvalue weighted by molar-refractivity contribution is 6.31. The van der Waals surface area contributed by atoms with Crippen molar-refractivity contribution in [3.63, 3.8) is 0 Å². The Balaban J connectivity index is 1.46. The van der Waals surface area contributed by atoms with E-state index in [4.69, 9.17) is 11.6 Å². The molecule has 10 heteroatoms. The third-order valence-corrected chi connectivity index (χ3v) is 7.49. The molecule has 0 bridgehead atoms. The van der Waals surface area contributed by atoms with Gasteiger partial charge in [0.2, 0.25) is 11.8 Å². The first-order valence-electron chi connectivity index (χ1n) is 12.7. The first kappa shape index (κ1) is 26.5. The number of nitrogens with zero attached hydrogens (tertiary/aromatic N) is 4. The van der Waals surface area contributed by atoms with Crippen molar-refractivity contribution in [2.24, 2.45) is 0 Å². The summed E-state index contributed by atoms with van der Waals surface area (Å²) in [4.78, 5) is 44.0. The molecule has 0 spiro atoms. The lowest BCUT2D eigenvalue weighted by atomic mass is 9.98. The number of nitrogens with one attached hydrogen (secondary N) is 1. The maximum absolute atomic E-state index is 13.9. The minimum absolute atomic E-state index is 0.0425. The summed E-state index contributed by atoms with van der Waals surface area (Å²) in [6, 6.07) is 22.3. The van der Waals surface area contributed by atoms with E-state index in [1.165, 1.54) is 5.01 Å². The van der Waals surface area contributed by atoms with Crippen molar-refractivity contribution in [3.05, 3.63) is 101 Å². The summed E-state index contributed by atoms with van der Waals surface area (Å²) in [6.45, 7) is 0.653. The predicted molar refractivity (Wildman–Crippen MR) is 146 cm³/mol. The molecule has 202 valence electrons. The molecule has 0 aromatic heterocycles. The van der Waals surface area contributed by atoms with Gasteiger partial charge in [0.1, 0.15) is 18.0 Å². The van der Waals surface area contributed by atoms with Gasteiger partial charge in [-0.3, -0.25) is 9.59 Å². The fraction of sp³-hybridized carbons (Fsp3) is 0.276. The highest BCUT2D eigenvalue weighted by Crippen LogP contribution is 2.30. The summed E-state index contributed by atoms with van der Waals surface area (Å²) in [5.74, 6) is -0.338. The smallest absolute Gasteiger partial charge is 0.334 e. The second-order valence-corrected chi connectivity index (χ2v) is 10.2. The van der Waals surface area contributed by atoms with Gasteiger partial charge < -0.3 is 20.2 Å². The maximum Gasteiger partial charge on any atom is 0.334 e. The van der Waals surface area contributed by atoms with Crippen LogP contribution in [0.1, 0.15) is 16.7 Å². The lowest BCUT2D eigenvalue weighted by Gasteiger charge is -2.54. The number of rotatable bonds is 6. The van der Waals surface area contributed by atoms with E-state index in [1.54, 1.807) is 52.2 Å². The van der Waals surface area contributed by atoms with Gasteiger partial charge in [-0.05, 0) is 34.9 Å². The first-order chi connectivity index (χ1) is 18.8. The summed E-state index contributed by atoms with van der Waals surface area (Å²) in [5.41, 5.74) is 2.51. The average molecular weight is 548 g/mol. The van der Waals surface area contributed by atoms with Crippen molar-refractivity contribution >= 4 is 29.4 Å². The molecule has 3 aromatic rings. The Kier molecular flexibility index (Phi) is 7.72. The van der Waals surface area contributed by atoms with Gasteiger partial charge in [-0.25, -0.2) is 14.8 Å². The number of piperazine rings is 1. The van der Waals surface area contributed by atoms with Crippen LogP contribution in [0.5, 0.6) is 5.75 Å². The summed E-state index contributed by atoms with van der Waals surface area (Å²) in [7, 11) is 1.70. The number of benzene rings is 3. The molecular formula is C29H30ClN5O4. The Morgan fingerprint density at radius 2 is 1.67 bits per heavy atom. The van der Waals surface area contributed by atoms with Crippen molar-refractivity contribution in [1.29, 1.82) is 0 Å². The molecule has 0 unspecified atom stereocenters. The van der Waals surface area contributed by atoms with Gasteiger partial charge in [-0.1, -0.05) is 72.3 Å². The van der Waals surface area contributed by atoms with Gasteiger partial charge in [-0.2, -0.15) is 0 Å². The van der Waals surface area contributed by atoms with Gasteiger partial charge in [0.25, 0.3) is 0 Å². The number of hydrogen-bond acceptors (Lipinski definition) is 5. The summed E-state index contributed by atoms with van der Waals surface area (Å²) in [5, 5.41) is 16.4. The Labute approximate surface area is 232 Å². The van der Waals surface area contributed by atoms with Crippen molar-refractivity contribution in [1.82, 2.24) is 25.1 Å². The second kappa shape index (κ2) is 11.3. The van der Waals surface area contributed by atoms with Gasteiger partial charge in [0.15, 0.2) is 0 Å². The molecule has 3 aromatic carbocycles. The third-order valence-electron chi connectivity index (χ3n) is 7.12. The van der Waals surface area contributed by atoms with Gasteiger partial charge in [-0.15, -0.1) is 0 Å². The highest BCUT2D eigenvalue weighted by Gasteiger charge is 2.50. The number of carbonyl (C=O) groups is 3. The largest absolute Gasteiger partial charge is 0.508 e. The zero-order valence-electron chi connectivity index (χ0n) is 21.5. The SMILES string of the molecule is CN1CC(=O)N2[C@@H](Cc3ccc(O)cc3)C(=O)N(Cc3ccccc3Cl)C[C@@H]2N1C(=O)NCc1ccccc1. The molecule has 2 atom stereocenters. The molecule has 2 N–H and O–H groups in total. The van der Waals surface area contributed by atoms with E-state index < -0.39 is 12.2 Å². The van der Waals surface area contributed by atoms with Crippen molar-refractivity contribution in [2.45, 2.75) is 31.7 Å². The van der Waals surface area contributed by atoms with Crippen LogP contribution in [0.15, 0.2) is 78.9 Å². The van der Waals surface area contributed by atoms with Crippen LogP contribution in [0.25, 0.3) is 0 Å². The zero-order chi connectivity index (χ0) is 27.5. The number of phenols is 1. The average Bonchev–Trinajstić information content (AvgIpc) is 2.92. The van der Waals surface area contributed by atoms with Gasteiger partial charge in [0, 0.05) is 31.6 Å². The summed E-state index contributed by atoms with van der Waals surface area (Å²) in [6.07, 6.45) is -0.474. The number of hydrogen-bond donors (Lipinski definition) is 2. The number of aromatic hydroxyl groups is 1. The molecule has 2 aliphatic heterocycles. The van der Waals surface area contributed by atoms with E-state index in [1.807, 2.05) is 48.5 Å².